The van der Waals surface area contributed by atoms with Crippen molar-refractivity contribution in [1.29, 1.82) is 0 Å². The number of guanidine groups is 1. The highest BCUT2D eigenvalue weighted by Crippen LogP contribution is 2.23. The minimum atomic E-state index is -0.0506. The summed E-state index contributed by atoms with van der Waals surface area (Å²) in [4.78, 5) is 7.16. The Hall–Kier alpha value is -1.55. The van der Waals surface area contributed by atoms with Gasteiger partial charge in [-0.1, -0.05) is 38.1 Å². The molecule has 1 aliphatic rings. The molecule has 1 aromatic rings. The van der Waals surface area contributed by atoms with Gasteiger partial charge in [-0.25, -0.2) is 0 Å². The predicted molar refractivity (Wildman–Crippen MR) is 98.6 cm³/mol. The molecule has 0 fully saturated rings. The Balaban J connectivity index is 2.04. The molecule has 0 saturated heterocycles. The van der Waals surface area contributed by atoms with Crippen LogP contribution in [0.3, 0.4) is 0 Å². The molecule has 2 rings (SSSR count). The maximum Gasteiger partial charge on any atom is 0.189 e. The fourth-order valence-electron chi connectivity index (χ4n) is 3.16. The van der Waals surface area contributed by atoms with E-state index in [0.29, 0.717) is 17.9 Å². The average molecular weight is 316 g/mol. The Morgan fingerprint density at radius 3 is 2.52 bits per heavy atom. The van der Waals surface area contributed by atoms with Crippen LogP contribution in [0.5, 0.6) is 0 Å². The average Bonchev–Trinajstić information content (AvgIpc) is 2.45. The Morgan fingerprint density at radius 2 is 1.91 bits per heavy atom. The Labute approximate surface area is 141 Å². The summed E-state index contributed by atoms with van der Waals surface area (Å²) in [5, 5.41) is 3.24. The van der Waals surface area contributed by atoms with Crippen molar-refractivity contribution in [3.8, 4) is 0 Å². The first-order valence-electron chi connectivity index (χ1n) is 8.65. The molecule has 128 valence electrons. The van der Waals surface area contributed by atoms with E-state index >= 15 is 0 Å². The van der Waals surface area contributed by atoms with Crippen molar-refractivity contribution in [3.63, 3.8) is 0 Å². The molecule has 0 radical (unpaired) electrons. The highest BCUT2D eigenvalue weighted by molar-refractivity contribution is 5.78. The first-order valence-corrected chi connectivity index (χ1v) is 8.65. The van der Waals surface area contributed by atoms with E-state index in [1.807, 2.05) is 0 Å². The first kappa shape index (κ1) is 17.8. The number of hydrogen-bond donors (Lipinski definition) is 2. The van der Waals surface area contributed by atoms with Gasteiger partial charge in [0.15, 0.2) is 5.96 Å². The van der Waals surface area contributed by atoms with Crippen LogP contribution in [0.4, 0.5) is 0 Å². The molecular formula is C19H32N4. The number of benzene rings is 1. The molecular weight excluding hydrogens is 284 g/mol. The van der Waals surface area contributed by atoms with Crippen LogP contribution in [-0.2, 0) is 13.0 Å². The molecule has 1 heterocycles. The second kappa shape index (κ2) is 7.35. The quantitative estimate of drug-likeness (QED) is 0.663. The molecule has 0 amide bonds. The molecule has 1 aliphatic heterocycles. The molecule has 23 heavy (non-hydrogen) atoms. The summed E-state index contributed by atoms with van der Waals surface area (Å²) >= 11 is 0. The number of aliphatic imine (C=N–C) groups is 1. The number of fused-ring (bicyclic) bond motifs is 1. The lowest BCUT2D eigenvalue weighted by molar-refractivity contribution is 0.144. The molecule has 4 nitrogen and oxygen atoms in total. The SMILES string of the molecule is CC(C)C(CN=C(N)NC(C)(C)C)N1CCc2ccccc2C1. The molecule has 0 aromatic heterocycles. The van der Waals surface area contributed by atoms with Crippen LogP contribution in [0.25, 0.3) is 0 Å². The van der Waals surface area contributed by atoms with Gasteiger partial charge in [0.25, 0.3) is 0 Å². The summed E-state index contributed by atoms with van der Waals surface area (Å²) in [6, 6.07) is 9.19. The Morgan fingerprint density at radius 1 is 1.26 bits per heavy atom. The third-order valence-corrected chi connectivity index (χ3v) is 4.35. The highest BCUT2D eigenvalue weighted by Gasteiger charge is 2.25. The third kappa shape index (κ3) is 5.24. The van der Waals surface area contributed by atoms with Crippen molar-refractivity contribution in [3.05, 3.63) is 35.4 Å². The molecule has 4 heteroatoms. The second-order valence-corrected chi connectivity index (χ2v) is 7.90. The maximum absolute atomic E-state index is 6.03. The van der Waals surface area contributed by atoms with Gasteiger partial charge < -0.3 is 11.1 Å². The van der Waals surface area contributed by atoms with Crippen LogP contribution < -0.4 is 11.1 Å². The highest BCUT2D eigenvalue weighted by atomic mass is 15.2. The summed E-state index contributed by atoms with van der Waals surface area (Å²) in [6.07, 6.45) is 1.12. The fourth-order valence-corrected chi connectivity index (χ4v) is 3.16. The van der Waals surface area contributed by atoms with Crippen LogP contribution in [0.2, 0.25) is 0 Å². The van der Waals surface area contributed by atoms with E-state index in [1.54, 1.807) is 0 Å². The lowest BCUT2D eigenvalue weighted by Crippen LogP contribution is -2.47. The zero-order valence-electron chi connectivity index (χ0n) is 15.3. The van der Waals surface area contributed by atoms with Crippen molar-refractivity contribution in [1.82, 2.24) is 10.2 Å². The Bertz CT molecular complexity index is 543. The van der Waals surface area contributed by atoms with Crippen LogP contribution in [0.15, 0.2) is 29.3 Å². The van der Waals surface area contributed by atoms with E-state index in [1.165, 1.54) is 11.1 Å². The standard InChI is InChI=1S/C19H32N4/c1-14(2)17(12-21-18(20)22-19(3,4)5)23-11-10-15-8-6-7-9-16(15)13-23/h6-9,14,17H,10-13H2,1-5H3,(H3,20,21,22). The minimum absolute atomic E-state index is 0.0506. The van der Waals surface area contributed by atoms with Gasteiger partial charge in [-0.15, -0.1) is 0 Å². The normalized spacial score (nSPS) is 17.9. The van der Waals surface area contributed by atoms with Crippen molar-refractivity contribution in [2.24, 2.45) is 16.6 Å². The molecule has 0 saturated carbocycles. The van der Waals surface area contributed by atoms with Gasteiger partial charge >= 0.3 is 0 Å². The molecule has 1 unspecified atom stereocenters. The topological polar surface area (TPSA) is 53.6 Å². The smallest absolute Gasteiger partial charge is 0.189 e. The van der Waals surface area contributed by atoms with Gasteiger partial charge in [0.1, 0.15) is 0 Å². The minimum Gasteiger partial charge on any atom is -0.370 e. The van der Waals surface area contributed by atoms with Crippen molar-refractivity contribution >= 4 is 5.96 Å². The van der Waals surface area contributed by atoms with Crippen molar-refractivity contribution < 1.29 is 0 Å². The number of nitrogens with zero attached hydrogens (tertiary/aromatic N) is 2. The number of nitrogens with two attached hydrogens (primary N) is 1. The Kier molecular flexibility index (Phi) is 5.69. The van der Waals surface area contributed by atoms with E-state index in [2.05, 4.69) is 74.1 Å². The fraction of sp³-hybridized carbons (Fsp3) is 0.632. The lowest BCUT2D eigenvalue weighted by Gasteiger charge is -2.37. The molecule has 0 spiro atoms. The molecule has 0 bridgehead atoms. The van der Waals surface area contributed by atoms with Crippen LogP contribution in [-0.4, -0.2) is 35.5 Å². The van der Waals surface area contributed by atoms with E-state index in [-0.39, 0.29) is 5.54 Å². The van der Waals surface area contributed by atoms with E-state index < -0.39 is 0 Å². The van der Waals surface area contributed by atoms with Gasteiger partial charge in [0.05, 0.1) is 6.54 Å². The summed E-state index contributed by atoms with van der Waals surface area (Å²) in [7, 11) is 0. The predicted octanol–water partition coefficient (Wildman–Crippen LogP) is 2.77. The monoisotopic (exact) mass is 316 g/mol. The summed E-state index contributed by atoms with van der Waals surface area (Å²) in [6.45, 7) is 13.7. The van der Waals surface area contributed by atoms with Gasteiger partial charge in [0, 0.05) is 24.7 Å². The molecule has 1 aromatic carbocycles. The largest absolute Gasteiger partial charge is 0.370 e. The van der Waals surface area contributed by atoms with E-state index in [4.69, 9.17) is 5.73 Å². The zero-order valence-corrected chi connectivity index (χ0v) is 15.3. The number of hydrogen-bond acceptors (Lipinski definition) is 2. The number of nitrogens with one attached hydrogen (secondary N) is 1. The van der Waals surface area contributed by atoms with Crippen molar-refractivity contribution in [2.45, 2.75) is 59.2 Å². The summed E-state index contributed by atoms with van der Waals surface area (Å²) in [5.74, 6) is 1.09. The lowest BCUT2D eigenvalue weighted by atomic mass is 9.95. The number of rotatable bonds is 4. The van der Waals surface area contributed by atoms with Crippen LogP contribution in [0.1, 0.15) is 45.7 Å². The zero-order chi connectivity index (χ0) is 17.0. The second-order valence-electron chi connectivity index (χ2n) is 7.90. The van der Waals surface area contributed by atoms with Gasteiger partial charge in [-0.2, -0.15) is 0 Å². The van der Waals surface area contributed by atoms with Crippen molar-refractivity contribution in [2.75, 3.05) is 13.1 Å². The molecule has 0 aliphatic carbocycles. The van der Waals surface area contributed by atoms with Gasteiger partial charge in [-0.05, 0) is 44.2 Å². The molecule has 1 atom stereocenters. The van der Waals surface area contributed by atoms with Gasteiger partial charge in [0.2, 0.25) is 0 Å². The van der Waals surface area contributed by atoms with Gasteiger partial charge in [-0.3, -0.25) is 9.89 Å². The first-order chi connectivity index (χ1) is 10.8. The van der Waals surface area contributed by atoms with E-state index in [0.717, 1.165) is 26.1 Å². The van der Waals surface area contributed by atoms with Crippen LogP contribution in [0, 0.1) is 5.92 Å². The summed E-state index contributed by atoms with van der Waals surface area (Å²) < 4.78 is 0. The molecule has 3 N–H and O–H groups in total. The summed E-state index contributed by atoms with van der Waals surface area (Å²) in [5.41, 5.74) is 8.93. The third-order valence-electron chi connectivity index (χ3n) is 4.35. The van der Waals surface area contributed by atoms with Crippen LogP contribution >= 0.6 is 0 Å². The maximum atomic E-state index is 6.03. The van der Waals surface area contributed by atoms with E-state index in [9.17, 15) is 0 Å².